The van der Waals surface area contributed by atoms with E-state index in [1.165, 1.54) is 11.5 Å². The highest BCUT2D eigenvalue weighted by molar-refractivity contribution is 7.10. The number of carbonyl (C=O) groups is 2. The van der Waals surface area contributed by atoms with Gasteiger partial charge in [0.1, 0.15) is 16.1 Å². The van der Waals surface area contributed by atoms with Crippen molar-refractivity contribution in [2.24, 2.45) is 17.4 Å². The molecular formula is C17H21N5O2S. The lowest BCUT2D eigenvalue weighted by atomic mass is 9.87. The van der Waals surface area contributed by atoms with Crippen molar-refractivity contribution in [3.05, 3.63) is 35.5 Å². The van der Waals surface area contributed by atoms with Crippen LogP contribution in [-0.4, -0.2) is 21.7 Å². The summed E-state index contributed by atoms with van der Waals surface area (Å²) in [5.74, 6) is -1.18. The van der Waals surface area contributed by atoms with Gasteiger partial charge in [-0.25, -0.2) is 0 Å². The van der Waals surface area contributed by atoms with E-state index in [2.05, 4.69) is 27.1 Å². The number of rotatable bonds is 7. The Balaban J connectivity index is 2.39. The van der Waals surface area contributed by atoms with Crippen LogP contribution in [0, 0.1) is 25.0 Å². The van der Waals surface area contributed by atoms with Gasteiger partial charge in [-0.2, -0.15) is 4.37 Å². The topological polar surface area (TPSA) is 123 Å². The van der Waals surface area contributed by atoms with Crippen molar-refractivity contribution < 1.29 is 9.59 Å². The fourth-order valence-electron chi connectivity index (χ4n) is 2.14. The molecule has 0 saturated heterocycles. The summed E-state index contributed by atoms with van der Waals surface area (Å²) in [4.78, 5) is 23.5. The van der Waals surface area contributed by atoms with E-state index in [-0.39, 0.29) is 11.5 Å². The fourth-order valence-corrected chi connectivity index (χ4v) is 2.81. The summed E-state index contributed by atoms with van der Waals surface area (Å²) >= 11 is 1.26. The number of aryl methyl sites for hydroxylation is 1. The molecule has 8 heteroatoms. The van der Waals surface area contributed by atoms with Crippen LogP contribution in [0.1, 0.15) is 36.8 Å². The number of hydrogen-bond acceptors (Lipinski definition) is 6. The smallest absolute Gasteiger partial charge is 0.259 e. The zero-order valence-corrected chi connectivity index (χ0v) is 15.4. The van der Waals surface area contributed by atoms with Crippen molar-refractivity contribution in [3.63, 3.8) is 0 Å². The van der Waals surface area contributed by atoms with Gasteiger partial charge in [0.05, 0.1) is 17.1 Å². The van der Waals surface area contributed by atoms with E-state index in [4.69, 9.17) is 11.5 Å². The van der Waals surface area contributed by atoms with Crippen LogP contribution in [-0.2, 0) is 4.79 Å². The molecule has 2 rings (SSSR count). The maximum atomic E-state index is 11.9. The molecule has 1 unspecified atom stereocenters. The average molecular weight is 359 g/mol. The minimum absolute atomic E-state index is 0.0604. The number of aromatic nitrogens is 1. The molecule has 25 heavy (non-hydrogen) atoms. The molecule has 0 radical (unpaired) electrons. The van der Waals surface area contributed by atoms with E-state index < -0.39 is 17.4 Å². The number of nitrogens with one attached hydrogen (secondary N) is 2. The highest BCUT2D eigenvalue weighted by Crippen LogP contribution is 2.28. The minimum atomic E-state index is -0.975. The molecule has 0 saturated carbocycles. The van der Waals surface area contributed by atoms with Gasteiger partial charge in [0.2, 0.25) is 5.91 Å². The fraction of sp³-hybridized carbons (Fsp3) is 0.353. The van der Waals surface area contributed by atoms with Crippen molar-refractivity contribution in [1.29, 1.82) is 0 Å². The van der Waals surface area contributed by atoms with E-state index in [9.17, 15) is 9.59 Å². The van der Waals surface area contributed by atoms with Crippen molar-refractivity contribution >= 4 is 39.7 Å². The number of primary amides is 2. The predicted molar refractivity (Wildman–Crippen MR) is 98.8 cm³/mol. The van der Waals surface area contributed by atoms with E-state index in [1.54, 1.807) is 13.0 Å². The van der Waals surface area contributed by atoms with E-state index in [0.717, 1.165) is 10.7 Å². The first kappa shape index (κ1) is 18.5. The summed E-state index contributed by atoms with van der Waals surface area (Å²) in [6, 6.07) is 9.05. The molecule has 6 N–H and O–H groups in total. The second kappa shape index (κ2) is 6.99. The molecule has 1 aromatic heterocycles. The molecule has 7 nitrogen and oxygen atoms in total. The van der Waals surface area contributed by atoms with Crippen LogP contribution < -0.4 is 22.1 Å². The molecule has 0 aliphatic heterocycles. The van der Waals surface area contributed by atoms with E-state index in [1.807, 2.05) is 26.8 Å². The van der Waals surface area contributed by atoms with Crippen molar-refractivity contribution in [2.45, 2.75) is 33.2 Å². The predicted octanol–water partition coefficient (Wildman–Crippen LogP) is 2.21. The maximum Gasteiger partial charge on any atom is 0.259 e. The van der Waals surface area contributed by atoms with Gasteiger partial charge in [0.15, 0.2) is 0 Å². The van der Waals surface area contributed by atoms with Gasteiger partial charge in [0, 0.05) is 0 Å². The summed E-state index contributed by atoms with van der Waals surface area (Å²) in [5.41, 5.74) is 11.9. The molecule has 2 aromatic rings. The first-order valence-corrected chi connectivity index (χ1v) is 8.47. The lowest BCUT2D eigenvalue weighted by Gasteiger charge is -2.32. The molecule has 1 heterocycles. The lowest BCUT2D eigenvalue weighted by molar-refractivity contribution is -0.123. The van der Waals surface area contributed by atoms with Gasteiger partial charge in [-0.1, -0.05) is 19.9 Å². The van der Waals surface area contributed by atoms with Crippen LogP contribution in [0.25, 0.3) is 0 Å². The molecule has 0 aliphatic rings. The molecule has 132 valence electrons. The number of carbonyl (C=O) groups excluding carboxylic acids is 2. The van der Waals surface area contributed by atoms with Gasteiger partial charge >= 0.3 is 0 Å². The molecule has 0 spiro atoms. The van der Waals surface area contributed by atoms with E-state index in [0.29, 0.717) is 11.4 Å². The first-order chi connectivity index (χ1) is 11.6. The largest absolute Gasteiger partial charge is 0.368 e. The summed E-state index contributed by atoms with van der Waals surface area (Å²) in [6.07, 6.45) is 0. The zero-order valence-electron chi connectivity index (χ0n) is 14.6. The number of hydrogen-bond donors (Lipinski definition) is 4. The summed E-state index contributed by atoms with van der Waals surface area (Å²) in [6.45, 7) is 7.36. The van der Waals surface area contributed by atoms with Gasteiger partial charge in [-0.05, 0) is 49.5 Å². The molecule has 1 atom stereocenters. The average Bonchev–Trinajstić information content (AvgIpc) is 2.91. The summed E-state index contributed by atoms with van der Waals surface area (Å²) in [7, 11) is 0. The van der Waals surface area contributed by atoms with Gasteiger partial charge in [-0.3, -0.25) is 9.59 Å². The van der Waals surface area contributed by atoms with Gasteiger partial charge in [0.25, 0.3) is 5.91 Å². The number of amides is 2. The standard InChI is InChI=1S/C17H21N5O2S/c1-9(2)17(4,16(19)24)21-11-5-6-12(15(18)23)13(8-11)20-14-7-10(3)22-25-14/h7-9,20-21H,1-4H3,(H2,18,23)(H2,19,24). The number of anilines is 3. The third-order valence-electron chi connectivity index (χ3n) is 4.07. The van der Waals surface area contributed by atoms with Crippen molar-refractivity contribution in [3.8, 4) is 0 Å². The Morgan fingerprint density at radius 2 is 1.96 bits per heavy atom. The third kappa shape index (κ3) is 4.00. The summed E-state index contributed by atoms with van der Waals surface area (Å²) < 4.78 is 4.18. The van der Waals surface area contributed by atoms with E-state index >= 15 is 0 Å². The first-order valence-electron chi connectivity index (χ1n) is 7.69. The summed E-state index contributed by atoms with van der Waals surface area (Å²) in [5, 5.41) is 6.95. The molecule has 2 amide bonds. The van der Waals surface area contributed by atoms with Crippen LogP contribution in [0.5, 0.6) is 0 Å². The van der Waals surface area contributed by atoms with Crippen molar-refractivity contribution in [2.75, 3.05) is 10.6 Å². The third-order valence-corrected chi connectivity index (χ3v) is 4.87. The highest BCUT2D eigenvalue weighted by Gasteiger charge is 2.34. The molecule has 0 aliphatic carbocycles. The Morgan fingerprint density at radius 3 is 2.44 bits per heavy atom. The second-order valence-corrected chi connectivity index (χ2v) is 7.07. The second-order valence-electron chi connectivity index (χ2n) is 6.26. The Labute approximate surface area is 151 Å². The van der Waals surface area contributed by atoms with Crippen LogP contribution in [0.3, 0.4) is 0 Å². The molecule has 1 aromatic carbocycles. The Hall–Kier alpha value is -2.79. The monoisotopic (exact) mass is 359 g/mol. The number of nitrogens with two attached hydrogens (primary N) is 2. The molecule has 0 fully saturated rings. The highest BCUT2D eigenvalue weighted by atomic mass is 32.1. The minimum Gasteiger partial charge on any atom is -0.368 e. The number of nitrogens with zero attached hydrogens (tertiary/aromatic N) is 1. The Kier molecular flexibility index (Phi) is 5.18. The zero-order chi connectivity index (χ0) is 18.8. The van der Waals surface area contributed by atoms with Gasteiger partial charge in [-0.15, -0.1) is 0 Å². The normalized spacial score (nSPS) is 13.0. The van der Waals surface area contributed by atoms with Crippen LogP contribution in [0.15, 0.2) is 12.1 Å². The van der Waals surface area contributed by atoms with Crippen molar-refractivity contribution in [1.82, 2.24) is 4.37 Å². The molecule has 0 bridgehead atoms. The van der Waals surface area contributed by atoms with Gasteiger partial charge < -0.3 is 22.1 Å². The quantitative estimate of drug-likeness (QED) is 0.603. The Morgan fingerprint density at radius 1 is 1.28 bits per heavy atom. The molecular weight excluding hydrogens is 338 g/mol. The van der Waals surface area contributed by atoms with Crippen LogP contribution in [0.2, 0.25) is 0 Å². The SMILES string of the molecule is Cc1cc(Nc2cc(NC(C)(C(N)=O)C(C)C)c#cc2C(N)=O)sn1. The Bertz CT molecular complexity index is 802. The maximum absolute atomic E-state index is 11.9. The lowest BCUT2D eigenvalue weighted by Crippen LogP contribution is -2.51. The van der Waals surface area contributed by atoms with Crippen LogP contribution >= 0.6 is 11.5 Å². The van der Waals surface area contributed by atoms with Crippen LogP contribution in [0.4, 0.5) is 16.4 Å².